The van der Waals surface area contributed by atoms with E-state index in [1.54, 1.807) is 24.3 Å². The summed E-state index contributed by atoms with van der Waals surface area (Å²) in [4.78, 5) is 11.7. The van der Waals surface area contributed by atoms with E-state index < -0.39 is 10.0 Å². The first-order valence-corrected chi connectivity index (χ1v) is 5.63. The summed E-state index contributed by atoms with van der Waals surface area (Å²) in [5.41, 5.74) is 2.61. The van der Waals surface area contributed by atoms with Crippen LogP contribution in [0.5, 0.6) is 0 Å². The van der Waals surface area contributed by atoms with Crippen LogP contribution in [0.25, 0.3) is 6.08 Å². The van der Waals surface area contributed by atoms with E-state index in [1.807, 2.05) is 16.3 Å². The van der Waals surface area contributed by atoms with Crippen molar-refractivity contribution in [1.29, 1.82) is 0 Å². The molecule has 0 saturated heterocycles. The van der Waals surface area contributed by atoms with Crippen LogP contribution in [0.4, 0.5) is 0 Å². The van der Waals surface area contributed by atoms with Gasteiger partial charge < -0.3 is 0 Å². The lowest BCUT2D eigenvalue weighted by molar-refractivity contribution is -0.109. The maximum absolute atomic E-state index is 11.1. The molecule has 0 unspecified atom stereocenters. The van der Waals surface area contributed by atoms with Crippen molar-refractivity contribution < 1.29 is 13.2 Å². The van der Waals surface area contributed by atoms with Crippen LogP contribution in [0.3, 0.4) is 0 Å². The van der Waals surface area contributed by atoms with Crippen molar-refractivity contribution in [1.82, 2.24) is 10.3 Å². The number of hydrogen-bond acceptors (Lipinski definition) is 3. The zero-order valence-electron chi connectivity index (χ0n) is 7.75. The minimum Gasteiger partial charge on any atom is -0.280 e. The molecule has 6 heteroatoms. The second-order valence-electron chi connectivity index (χ2n) is 2.62. The lowest BCUT2D eigenvalue weighted by Crippen LogP contribution is -2.34. The third-order valence-corrected chi connectivity index (χ3v) is 2.40. The Morgan fingerprint density at radius 2 is 1.80 bits per heavy atom. The van der Waals surface area contributed by atoms with Crippen LogP contribution in [0.1, 0.15) is 5.56 Å². The van der Waals surface area contributed by atoms with E-state index in [1.165, 1.54) is 6.08 Å². The minimum atomic E-state index is -3.61. The molecule has 80 valence electrons. The van der Waals surface area contributed by atoms with Crippen LogP contribution in [-0.4, -0.2) is 14.8 Å². The number of rotatable bonds is 5. The van der Waals surface area contributed by atoms with E-state index in [0.29, 0.717) is 0 Å². The molecule has 5 nitrogen and oxygen atoms in total. The van der Waals surface area contributed by atoms with E-state index >= 15 is 0 Å². The molecule has 0 spiro atoms. The van der Waals surface area contributed by atoms with Gasteiger partial charge in [0.2, 0.25) is 6.41 Å². The number of sulfonamides is 1. The predicted molar refractivity (Wildman–Crippen MR) is 56.7 cm³/mol. The average Bonchev–Trinajstić information content (AvgIpc) is 2.25. The quantitative estimate of drug-likeness (QED) is 0.557. The Labute approximate surface area is 87.8 Å². The molecular weight excluding hydrogens is 216 g/mol. The minimum absolute atomic E-state index is 0.244. The van der Waals surface area contributed by atoms with Gasteiger partial charge in [-0.05, 0) is 11.6 Å². The van der Waals surface area contributed by atoms with Gasteiger partial charge in [0.05, 0.1) is 0 Å². The Bertz CT molecular complexity index is 440. The summed E-state index contributed by atoms with van der Waals surface area (Å²) in [6, 6.07) is 8.95. The fourth-order valence-corrected chi connectivity index (χ4v) is 1.49. The van der Waals surface area contributed by atoms with Gasteiger partial charge in [-0.1, -0.05) is 30.3 Å². The fourth-order valence-electron chi connectivity index (χ4n) is 0.873. The monoisotopic (exact) mass is 226 g/mol. The third-order valence-electron chi connectivity index (χ3n) is 1.50. The van der Waals surface area contributed by atoms with Crippen molar-refractivity contribution in [2.75, 3.05) is 0 Å². The van der Waals surface area contributed by atoms with Crippen LogP contribution < -0.4 is 10.3 Å². The number of benzene rings is 1. The molecule has 1 rings (SSSR count). The van der Waals surface area contributed by atoms with Crippen LogP contribution in [0, 0.1) is 0 Å². The molecule has 0 saturated carbocycles. The van der Waals surface area contributed by atoms with Crippen molar-refractivity contribution in [3.8, 4) is 0 Å². The van der Waals surface area contributed by atoms with Gasteiger partial charge in [0.25, 0.3) is 10.0 Å². The second kappa shape index (κ2) is 5.28. The molecule has 0 atom stereocenters. The normalized spacial score (nSPS) is 11.5. The summed E-state index contributed by atoms with van der Waals surface area (Å²) < 4.78 is 22.3. The van der Waals surface area contributed by atoms with Crippen molar-refractivity contribution in [2.24, 2.45) is 0 Å². The second-order valence-corrected chi connectivity index (χ2v) is 4.19. The first-order chi connectivity index (χ1) is 7.14. The first kappa shape index (κ1) is 11.4. The van der Waals surface area contributed by atoms with Gasteiger partial charge in [0, 0.05) is 5.41 Å². The largest absolute Gasteiger partial charge is 0.280 e. The molecule has 2 N–H and O–H groups in total. The molecular formula is C9H10N2O3S. The van der Waals surface area contributed by atoms with E-state index in [-0.39, 0.29) is 6.41 Å². The summed E-state index contributed by atoms with van der Waals surface area (Å²) in [5.74, 6) is 0. The highest BCUT2D eigenvalue weighted by Gasteiger charge is 2.01. The molecule has 0 aliphatic rings. The van der Waals surface area contributed by atoms with E-state index in [9.17, 15) is 13.2 Å². The molecule has 0 aliphatic heterocycles. The van der Waals surface area contributed by atoms with Crippen molar-refractivity contribution in [3.63, 3.8) is 0 Å². The number of nitrogens with one attached hydrogen (secondary N) is 2. The Hall–Kier alpha value is -1.66. The number of amides is 1. The average molecular weight is 226 g/mol. The molecule has 1 amide bonds. The summed E-state index contributed by atoms with van der Waals surface area (Å²) in [5, 5.41) is 0.971. The van der Waals surface area contributed by atoms with Gasteiger partial charge in [0.1, 0.15) is 0 Å². The van der Waals surface area contributed by atoms with Gasteiger partial charge >= 0.3 is 0 Å². The number of carbonyl (C=O) groups excluding carboxylic acids is 1. The molecule has 15 heavy (non-hydrogen) atoms. The summed E-state index contributed by atoms with van der Waals surface area (Å²) >= 11 is 0. The molecule has 1 aromatic rings. The highest BCUT2D eigenvalue weighted by Crippen LogP contribution is 2.01. The Balaban J connectivity index is 2.69. The molecule has 0 aliphatic carbocycles. The molecule has 0 aromatic heterocycles. The number of carbonyl (C=O) groups is 1. The zero-order chi connectivity index (χ0) is 11.1. The van der Waals surface area contributed by atoms with Crippen LogP contribution in [0.2, 0.25) is 0 Å². The van der Waals surface area contributed by atoms with Crippen LogP contribution in [-0.2, 0) is 14.8 Å². The number of hydrazine groups is 1. The maximum Gasteiger partial charge on any atom is 0.250 e. The molecule has 0 bridgehead atoms. The lowest BCUT2D eigenvalue weighted by Gasteiger charge is -1.98. The van der Waals surface area contributed by atoms with Gasteiger partial charge in [-0.25, -0.2) is 8.42 Å². The maximum atomic E-state index is 11.1. The Kier molecular flexibility index (Phi) is 4.02. The summed E-state index contributed by atoms with van der Waals surface area (Å²) in [6.45, 7) is 0. The standard InChI is InChI=1S/C9H10N2O3S/c12-8-10-11-15(13,14)7-6-9-4-2-1-3-5-9/h1-8,11H,(H,10,12)/b7-6+. The predicted octanol–water partition coefficient (Wildman–Crippen LogP) is 0.238. The highest BCUT2D eigenvalue weighted by molar-refractivity contribution is 7.92. The SMILES string of the molecule is O=CNNS(=O)(=O)/C=C/c1ccccc1. The Morgan fingerprint density at radius 3 is 2.40 bits per heavy atom. The van der Waals surface area contributed by atoms with E-state index in [4.69, 9.17) is 0 Å². The van der Waals surface area contributed by atoms with Crippen molar-refractivity contribution in [2.45, 2.75) is 0 Å². The van der Waals surface area contributed by atoms with Gasteiger partial charge in [-0.2, -0.15) is 0 Å². The zero-order valence-corrected chi connectivity index (χ0v) is 8.57. The molecule has 0 heterocycles. The molecule has 1 aromatic carbocycles. The van der Waals surface area contributed by atoms with E-state index in [2.05, 4.69) is 0 Å². The van der Waals surface area contributed by atoms with Crippen molar-refractivity contribution >= 4 is 22.5 Å². The van der Waals surface area contributed by atoms with Gasteiger partial charge in [-0.3, -0.25) is 10.2 Å². The summed E-state index contributed by atoms with van der Waals surface area (Å²) in [6.07, 6.45) is 1.67. The summed E-state index contributed by atoms with van der Waals surface area (Å²) in [7, 11) is -3.61. The fraction of sp³-hybridized carbons (Fsp3) is 0. The van der Waals surface area contributed by atoms with Crippen LogP contribution in [0.15, 0.2) is 35.7 Å². The topological polar surface area (TPSA) is 75.3 Å². The van der Waals surface area contributed by atoms with Crippen molar-refractivity contribution in [3.05, 3.63) is 41.3 Å². The van der Waals surface area contributed by atoms with Crippen LogP contribution >= 0.6 is 0 Å². The van der Waals surface area contributed by atoms with Gasteiger partial charge in [-0.15, -0.1) is 4.83 Å². The highest BCUT2D eigenvalue weighted by atomic mass is 32.2. The molecule has 0 radical (unpaired) electrons. The van der Waals surface area contributed by atoms with E-state index in [0.717, 1.165) is 11.0 Å². The third kappa shape index (κ3) is 4.39. The van der Waals surface area contributed by atoms with Gasteiger partial charge in [0.15, 0.2) is 0 Å². The molecule has 0 fully saturated rings. The lowest BCUT2D eigenvalue weighted by atomic mass is 10.2. The first-order valence-electron chi connectivity index (χ1n) is 4.08. The smallest absolute Gasteiger partial charge is 0.250 e. The Morgan fingerprint density at radius 1 is 1.13 bits per heavy atom. The number of hydrogen-bond donors (Lipinski definition) is 2.